The molecule has 1 aliphatic rings. The van der Waals surface area contributed by atoms with Crippen molar-refractivity contribution in [3.05, 3.63) is 29.8 Å². The zero-order valence-electron chi connectivity index (χ0n) is 10.3. The number of methoxy groups -OCH3 is 1. The van der Waals surface area contributed by atoms with Crippen LogP contribution in [0.15, 0.2) is 24.3 Å². The van der Waals surface area contributed by atoms with Crippen LogP contribution in [-0.2, 0) is 9.53 Å². The topological polar surface area (TPSA) is 90.2 Å². The van der Waals surface area contributed by atoms with Crippen molar-refractivity contribution >= 4 is 23.6 Å². The fraction of sp³-hybridized carbons (Fsp3) is 0.417. The van der Waals surface area contributed by atoms with E-state index in [4.69, 9.17) is 9.84 Å². The van der Waals surface area contributed by atoms with E-state index < -0.39 is 18.0 Å². The molecule has 3 N–H and O–H groups in total. The molecule has 19 heavy (non-hydrogen) atoms. The number of benzene rings is 1. The van der Waals surface area contributed by atoms with Gasteiger partial charge in [0, 0.05) is 19.3 Å². The predicted molar refractivity (Wildman–Crippen MR) is 70.6 cm³/mol. The Labute approximate surface area is 114 Å². The van der Waals surface area contributed by atoms with E-state index in [1.165, 1.54) is 23.4 Å². The summed E-state index contributed by atoms with van der Waals surface area (Å²) in [6.45, 7) is 0. The maximum atomic E-state index is 11.0. The van der Waals surface area contributed by atoms with Gasteiger partial charge < -0.3 is 20.1 Å². The van der Waals surface area contributed by atoms with Gasteiger partial charge in [-0.3, -0.25) is 4.31 Å². The molecule has 0 aliphatic carbocycles. The van der Waals surface area contributed by atoms with Gasteiger partial charge in [0.25, 0.3) is 5.91 Å². The molecule has 1 saturated heterocycles. The molecule has 6 nitrogen and oxygen atoms in total. The van der Waals surface area contributed by atoms with Crippen molar-refractivity contribution in [2.45, 2.75) is 18.4 Å². The number of anilines is 1. The Morgan fingerprint density at radius 3 is 2.47 bits per heavy atom. The van der Waals surface area contributed by atoms with E-state index in [9.17, 15) is 15.0 Å². The van der Waals surface area contributed by atoms with Crippen LogP contribution in [0.5, 0.6) is 0 Å². The van der Waals surface area contributed by atoms with Crippen molar-refractivity contribution in [1.82, 2.24) is 0 Å². The third-order valence-corrected chi connectivity index (χ3v) is 4.02. The van der Waals surface area contributed by atoms with E-state index in [1.807, 2.05) is 0 Å². The lowest BCUT2D eigenvalue weighted by Crippen LogP contribution is -2.40. The van der Waals surface area contributed by atoms with Gasteiger partial charge in [0.1, 0.15) is 0 Å². The zero-order valence-corrected chi connectivity index (χ0v) is 11.1. The predicted octanol–water partition coefficient (Wildman–Crippen LogP) is 0.955. The monoisotopic (exact) mass is 285 g/mol. The number of ether oxygens (including phenoxy) is 1. The number of hydrogen-bond acceptors (Lipinski definition) is 6. The molecular weight excluding hydrogens is 270 g/mol. The minimum atomic E-state index is -1.86. The van der Waals surface area contributed by atoms with Gasteiger partial charge in [-0.15, -0.1) is 0 Å². The molecule has 1 aliphatic heterocycles. The summed E-state index contributed by atoms with van der Waals surface area (Å²) in [5.41, 5.74) is 1.11. The largest absolute Gasteiger partial charge is 0.479 e. The molecule has 0 aromatic heterocycles. The molecule has 7 heteroatoms. The van der Waals surface area contributed by atoms with Gasteiger partial charge in [0.15, 0.2) is 6.10 Å². The lowest BCUT2D eigenvalue weighted by atomic mass is 10.1. The van der Waals surface area contributed by atoms with Crippen LogP contribution in [0.2, 0.25) is 0 Å². The summed E-state index contributed by atoms with van der Waals surface area (Å²) in [4.78, 5) is 11.0. The molecule has 1 heterocycles. The number of aliphatic hydroxyl groups is 2. The minimum absolute atomic E-state index is 0.259. The Morgan fingerprint density at radius 1 is 1.42 bits per heavy atom. The van der Waals surface area contributed by atoms with Crippen LogP contribution in [-0.4, -0.2) is 40.1 Å². The van der Waals surface area contributed by atoms with Crippen LogP contribution in [0.3, 0.4) is 0 Å². The first-order valence-electron chi connectivity index (χ1n) is 5.69. The van der Waals surface area contributed by atoms with Gasteiger partial charge in [-0.1, -0.05) is 12.1 Å². The molecule has 1 aromatic carbocycles. The Kier molecular flexibility index (Phi) is 4.00. The Bertz CT molecular complexity index is 462. The van der Waals surface area contributed by atoms with E-state index in [2.05, 4.69) is 0 Å². The number of carboxylic acid groups (broad SMARTS) is 1. The van der Waals surface area contributed by atoms with Crippen molar-refractivity contribution in [2.75, 3.05) is 17.2 Å². The summed E-state index contributed by atoms with van der Waals surface area (Å²) in [5, 5.41) is 28.5. The summed E-state index contributed by atoms with van der Waals surface area (Å²) in [7, 11) is 1.33. The molecule has 2 rings (SSSR count). The fourth-order valence-electron chi connectivity index (χ4n) is 1.92. The molecule has 1 fully saturated rings. The van der Waals surface area contributed by atoms with Crippen LogP contribution in [0.1, 0.15) is 18.1 Å². The van der Waals surface area contributed by atoms with Crippen molar-refractivity contribution in [3.63, 3.8) is 0 Å². The highest BCUT2D eigenvalue weighted by molar-refractivity contribution is 8.00. The van der Waals surface area contributed by atoms with Crippen LogP contribution in [0.4, 0.5) is 5.69 Å². The maximum Gasteiger partial charge on any atom is 0.337 e. The third-order valence-electron chi connectivity index (χ3n) is 2.87. The average Bonchev–Trinajstić information content (AvgIpc) is 2.70. The number of carboxylic acids is 1. The van der Waals surface area contributed by atoms with Gasteiger partial charge >= 0.3 is 5.97 Å². The average molecular weight is 285 g/mol. The van der Waals surface area contributed by atoms with E-state index >= 15 is 0 Å². The second-order valence-corrected chi connectivity index (χ2v) is 5.23. The highest BCUT2D eigenvalue weighted by Gasteiger charge is 2.38. The van der Waals surface area contributed by atoms with Crippen LogP contribution in [0.25, 0.3) is 0 Å². The summed E-state index contributed by atoms with van der Waals surface area (Å²) < 4.78 is 6.29. The summed E-state index contributed by atoms with van der Waals surface area (Å²) >= 11 is 1.31. The lowest BCUT2D eigenvalue weighted by molar-refractivity contribution is -0.149. The molecule has 1 atom stereocenters. The fourth-order valence-corrected chi connectivity index (χ4v) is 3.04. The third kappa shape index (κ3) is 2.84. The van der Waals surface area contributed by atoms with E-state index in [0.29, 0.717) is 17.0 Å². The maximum absolute atomic E-state index is 11.0. The molecule has 0 saturated carbocycles. The first-order valence-corrected chi connectivity index (χ1v) is 6.63. The van der Waals surface area contributed by atoms with Crippen molar-refractivity contribution in [1.29, 1.82) is 0 Å². The van der Waals surface area contributed by atoms with Gasteiger partial charge in [-0.2, -0.15) is 0 Å². The SMILES string of the molecule is COC(C(=O)O)c1ccc(N2SCCC2(O)O)cc1. The first kappa shape index (κ1) is 14.1. The van der Waals surface area contributed by atoms with Gasteiger partial charge in [0.2, 0.25) is 0 Å². The summed E-state index contributed by atoms with van der Waals surface area (Å²) in [6, 6.07) is 6.49. The van der Waals surface area contributed by atoms with E-state index in [1.54, 1.807) is 24.3 Å². The minimum Gasteiger partial charge on any atom is -0.479 e. The number of rotatable bonds is 4. The van der Waals surface area contributed by atoms with Crippen LogP contribution >= 0.6 is 11.9 Å². The van der Waals surface area contributed by atoms with Crippen molar-refractivity contribution in [3.8, 4) is 0 Å². The second-order valence-electron chi connectivity index (χ2n) is 4.20. The van der Waals surface area contributed by atoms with E-state index in [-0.39, 0.29) is 6.42 Å². The van der Waals surface area contributed by atoms with E-state index in [0.717, 1.165) is 0 Å². The first-order chi connectivity index (χ1) is 8.95. The van der Waals surface area contributed by atoms with Crippen LogP contribution in [0, 0.1) is 0 Å². The molecule has 1 unspecified atom stereocenters. The normalized spacial score (nSPS) is 19.4. The van der Waals surface area contributed by atoms with Crippen LogP contribution < -0.4 is 4.31 Å². The highest BCUT2D eigenvalue weighted by atomic mass is 32.2. The summed E-state index contributed by atoms with van der Waals surface area (Å²) in [5.74, 6) is -2.31. The highest BCUT2D eigenvalue weighted by Crippen LogP contribution is 2.37. The Hall–Kier alpha value is -1.28. The number of hydrogen-bond donors (Lipinski definition) is 3. The van der Waals surface area contributed by atoms with Gasteiger partial charge in [-0.25, -0.2) is 4.79 Å². The number of carbonyl (C=O) groups is 1. The standard InChI is InChI=1S/C12H15NO5S/c1-18-10(11(14)15)8-2-4-9(5-3-8)13-12(16,17)6-7-19-13/h2-5,10,16-17H,6-7H2,1H3,(H,14,15). The second kappa shape index (κ2) is 5.38. The number of aliphatic carboxylic acids is 1. The smallest absolute Gasteiger partial charge is 0.337 e. The lowest BCUT2D eigenvalue weighted by Gasteiger charge is -2.28. The Morgan fingerprint density at radius 2 is 2.05 bits per heavy atom. The number of nitrogens with zero attached hydrogens (tertiary/aromatic N) is 1. The Balaban J connectivity index is 2.21. The molecule has 0 bridgehead atoms. The molecule has 0 spiro atoms. The van der Waals surface area contributed by atoms with Crippen molar-refractivity contribution in [2.24, 2.45) is 0 Å². The van der Waals surface area contributed by atoms with Crippen molar-refractivity contribution < 1.29 is 24.9 Å². The molecule has 0 radical (unpaired) electrons. The molecule has 1 aromatic rings. The van der Waals surface area contributed by atoms with Gasteiger partial charge in [-0.05, 0) is 29.6 Å². The molecule has 0 amide bonds. The van der Waals surface area contributed by atoms with Gasteiger partial charge in [0.05, 0.1) is 5.69 Å². The molecule has 104 valence electrons. The quantitative estimate of drug-likeness (QED) is 0.560. The zero-order chi connectivity index (χ0) is 14.0. The molecular formula is C12H15NO5S. The summed E-state index contributed by atoms with van der Waals surface area (Å²) in [6.07, 6.45) is -0.761.